The van der Waals surface area contributed by atoms with E-state index in [1.165, 1.54) is 0 Å². The normalized spacial score (nSPS) is 15.8. The lowest BCUT2D eigenvalue weighted by atomic mass is 10.0. The number of nitrogens with zero attached hydrogens (tertiary/aromatic N) is 1. The summed E-state index contributed by atoms with van der Waals surface area (Å²) in [6, 6.07) is 27.9. The van der Waals surface area contributed by atoms with Gasteiger partial charge in [0, 0.05) is 10.7 Å². The molecule has 1 atom stereocenters. The van der Waals surface area contributed by atoms with Gasteiger partial charge in [-0.15, -0.1) is 0 Å². The van der Waals surface area contributed by atoms with Crippen molar-refractivity contribution in [2.45, 2.75) is 6.04 Å². The summed E-state index contributed by atoms with van der Waals surface area (Å²) < 4.78 is 0. The maximum atomic E-state index is 6.07. The first kappa shape index (κ1) is 17.6. The molecule has 0 amide bonds. The van der Waals surface area contributed by atoms with Crippen molar-refractivity contribution in [2.75, 3.05) is 5.32 Å². The summed E-state index contributed by atoms with van der Waals surface area (Å²) in [4.78, 5) is 0. The van der Waals surface area contributed by atoms with Crippen LogP contribution in [0.1, 0.15) is 17.2 Å². The molecule has 0 bridgehead atoms. The zero-order valence-corrected chi connectivity index (χ0v) is 16.0. The van der Waals surface area contributed by atoms with E-state index in [0.717, 1.165) is 22.5 Å². The predicted molar refractivity (Wildman–Crippen MR) is 116 cm³/mol. The third-order valence-electron chi connectivity index (χ3n) is 4.38. The molecule has 0 fully saturated rings. The molecule has 0 unspecified atom stereocenters. The van der Waals surface area contributed by atoms with Gasteiger partial charge in [-0.05, 0) is 53.7 Å². The number of nitrogens with one attached hydrogen (secondary N) is 2. The van der Waals surface area contributed by atoms with Crippen LogP contribution in [-0.4, -0.2) is 10.1 Å². The molecule has 2 N–H and O–H groups in total. The Balaban J connectivity index is 1.64. The molecule has 3 aromatic rings. The summed E-state index contributed by atoms with van der Waals surface area (Å²) in [5, 5.41) is 6.59. The second kappa shape index (κ2) is 7.82. The van der Waals surface area contributed by atoms with Crippen molar-refractivity contribution in [1.29, 1.82) is 0 Å². The quantitative estimate of drug-likeness (QED) is 0.565. The minimum absolute atomic E-state index is 0.0406. The number of benzene rings is 3. The van der Waals surface area contributed by atoms with Crippen LogP contribution in [0.2, 0.25) is 5.02 Å². The molecule has 0 radical (unpaired) electrons. The minimum atomic E-state index is -0.0406. The molecule has 1 aliphatic heterocycles. The molecule has 0 saturated carbocycles. The summed E-state index contributed by atoms with van der Waals surface area (Å²) in [7, 11) is 0. The Morgan fingerprint density at radius 2 is 1.52 bits per heavy atom. The van der Waals surface area contributed by atoms with Crippen molar-refractivity contribution >= 4 is 40.3 Å². The molecule has 0 aromatic heterocycles. The number of halogens is 1. The molecule has 4 rings (SSSR count). The Hall–Kier alpha value is -2.82. The molecule has 1 aliphatic rings. The second-order valence-corrected chi connectivity index (χ2v) is 7.04. The third kappa shape index (κ3) is 3.97. The van der Waals surface area contributed by atoms with E-state index in [1.807, 2.05) is 77.8 Å². The van der Waals surface area contributed by atoms with Crippen molar-refractivity contribution < 1.29 is 0 Å². The maximum absolute atomic E-state index is 6.07. The van der Waals surface area contributed by atoms with E-state index in [9.17, 15) is 0 Å². The van der Waals surface area contributed by atoms with E-state index < -0.39 is 0 Å². The number of rotatable bonds is 3. The van der Waals surface area contributed by atoms with Gasteiger partial charge in [0.15, 0.2) is 5.11 Å². The molecule has 1 heterocycles. The molecule has 0 spiro atoms. The molecule has 0 saturated heterocycles. The first-order valence-electron chi connectivity index (χ1n) is 8.65. The number of hydrogen-bond acceptors (Lipinski definition) is 2. The highest BCUT2D eigenvalue weighted by atomic mass is 35.5. The van der Waals surface area contributed by atoms with Crippen LogP contribution in [0.25, 0.3) is 5.70 Å². The molecule has 3 nitrogen and oxygen atoms in total. The van der Waals surface area contributed by atoms with Crippen molar-refractivity contribution in [1.82, 2.24) is 10.4 Å². The Labute approximate surface area is 169 Å². The zero-order valence-electron chi connectivity index (χ0n) is 14.5. The van der Waals surface area contributed by atoms with Gasteiger partial charge in [0.1, 0.15) is 0 Å². The van der Waals surface area contributed by atoms with E-state index in [0.29, 0.717) is 10.1 Å². The van der Waals surface area contributed by atoms with Gasteiger partial charge in [-0.25, -0.2) is 0 Å². The van der Waals surface area contributed by atoms with Crippen LogP contribution < -0.4 is 10.7 Å². The molecule has 0 aliphatic carbocycles. The highest BCUT2D eigenvalue weighted by Crippen LogP contribution is 2.32. The maximum Gasteiger partial charge on any atom is 0.193 e. The first-order valence-corrected chi connectivity index (χ1v) is 9.44. The van der Waals surface area contributed by atoms with Crippen LogP contribution in [0.4, 0.5) is 5.69 Å². The van der Waals surface area contributed by atoms with Crippen LogP contribution in [0, 0.1) is 0 Å². The Bertz CT molecular complexity index is 956. The summed E-state index contributed by atoms with van der Waals surface area (Å²) in [6.07, 6.45) is 2.18. The predicted octanol–water partition coefficient (Wildman–Crippen LogP) is 5.64. The highest BCUT2D eigenvalue weighted by Gasteiger charge is 2.28. The van der Waals surface area contributed by atoms with Crippen LogP contribution in [-0.2, 0) is 0 Å². The summed E-state index contributed by atoms with van der Waals surface area (Å²) in [5.41, 5.74) is 7.64. The van der Waals surface area contributed by atoms with E-state index in [1.54, 1.807) is 0 Å². The molecule has 134 valence electrons. The number of para-hydroxylation sites is 1. The average molecular weight is 392 g/mol. The number of hydrazine groups is 1. The van der Waals surface area contributed by atoms with Crippen LogP contribution >= 0.6 is 23.8 Å². The third-order valence-corrected chi connectivity index (χ3v) is 4.93. The lowest BCUT2D eigenvalue weighted by Crippen LogP contribution is -2.42. The Morgan fingerprint density at radius 3 is 2.19 bits per heavy atom. The summed E-state index contributed by atoms with van der Waals surface area (Å²) >= 11 is 11.8. The number of hydrogen-bond donors (Lipinski definition) is 2. The number of anilines is 1. The average Bonchev–Trinajstić information content (AvgIpc) is 3.16. The SMILES string of the molecule is S=C(Nc1ccccc1)N1NC(c2ccccc2)=C[C@H]1c1ccc(Cl)cc1. The fraction of sp³-hybridized carbons (Fsp3) is 0.0455. The first-order chi connectivity index (χ1) is 13.2. The molecule has 5 heteroatoms. The smallest absolute Gasteiger partial charge is 0.193 e. The monoisotopic (exact) mass is 391 g/mol. The second-order valence-electron chi connectivity index (χ2n) is 6.22. The lowest BCUT2D eigenvalue weighted by Gasteiger charge is -2.28. The van der Waals surface area contributed by atoms with Gasteiger partial charge in [-0.2, -0.15) is 0 Å². The van der Waals surface area contributed by atoms with Crippen LogP contribution in [0.3, 0.4) is 0 Å². The fourth-order valence-corrected chi connectivity index (χ4v) is 3.44. The zero-order chi connectivity index (χ0) is 18.6. The van der Waals surface area contributed by atoms with Gasteiger partial charge in [0.25, 0.3) is 0 Å². The summed E-state index contributed by atoms with van der Waals surface area (Å²) in [5.74, 6) is 0. The summed E-state index contributed by atoms with van der Waals surface area (Å²) in [6.45, 7) is 0. The van der Waals surface area contributed by atoms with Crippen LogP contribution in [0.5, 0.6) is 0 Å². The van der Waals surface area contributed by atoms with Gasteiger partial charge in [-0.3, -0.25) is 10.4 Å². The van der Waals surface area contributed by atoms with E-state index >= 15 is 0 Å². The molecule has 3 aromatic carbocycles. The van der Waals surface area contributed by atoms with Gasteiger partial charge in [-0.1, -0.05) is 72.3 Å². The van der Waals surface area contributed by atoms with E-state index in [2.05, 4.69) is 29.0 Å². The van der Waals surface area contributed by atoms with Gasteiger partial charge < -0.3 is 5.32 Å². The van der Waals surface area contributed by atoms with Crippen molar-refractivity contribution in [3.05, 3.63) is 107 Å². The molecular formula is C22H18ClN3S. The van der Waals surface area contributed by atoms with Gasteiger partial charge in [0.05, 0.1) is 11.7 Å². The Kier molecular flexibility index (Phi) is 5.10. The van der Waals surface area contributed by atoms with Crippen molar-refractivity contribution in [3.63, 3.8) is 0 Å². The Morgan fingerprint density at radius 1 is 0.889 bits per heavy atom. The van der Waals surface area contributed by atoms with E-state index in [4.69, 9.17) is 23.8 Å². The number of thiocarbonyl (C=S) groups is 1. The fourth-order valence-electron chi connectivity index (χ4n) is 3.04. The lowest BCUT2D eigenvalue weighted by molar-refractivity contribution is 0.348. The standard InChI is InChI=1S/C22H18ClN3S/c23-18-13-11-17(12-14-18)21-15-20(16-7-3-1-4-8-16)25-26(21)22(27)24-19-9-5-2-6-10-19/h1-15,21,25H,(H,24,27)/t21-/m0/s1. The minimum Gasteiger partial charge on any atom is -0.331 e. The molecule has 27 heavy (non-hydrogen) atoms. The highest BCUT2D eigenvalue weighted by molar-refractivity contribution is 7.80. The van der Waals surface area contributed by atoms with Crippen molar-refractivity contribution in [3.8, 4) is 0 Å². The largest absolute Gasteiger partial charge is 0.331 e. The van der Waals surface area contributed by atoms with Crippen LogP contribution in [0.15, 0.2) is 91.0 Å². The van der Waals surface area contributed by atoms with Gasteiger partial charge in [0.2, 0.25) is 0 Å². The molecular weight excluding hydrogens is 374 g/mol. The van der Waals surface area contributed by atoms with Gasteiger partial charge >= 0.3 is 0 Å². The topological polar surface area (TPSA) is 27.3 Å². The van der Waals surface area contributed by atoms with Crippen molar-refractivity contribution in [2.24, 2.45) is 0 Å². The van der Waals surface area contributed by atoms with E-state index in [-0.39, 0.29) is 6.04 Å².